The summed E-state index contributed by atoms with van der Waals surface area (Å²) in [5, 5.41) is 13.7. The van der Waals surface area contributed by atoms with Crippen molar-refractivity contribution in [1.82, 2.24) is 25.1 Å². The molecule has 1 fully saturated rings. The van der Waals surface area contributed by atoms with Gasteiger partial charge in [0.25, 0.3) is 0 Å². The van der Waals surface area contributed by atoms with Crippen molar-refractivity contribution in [3.05, 3.63) is 47.3 Å². The van der Waals surface area contributed by atoms with Crippen LogP contribution in [0, 0.1) is 5.95 Å². The number of aromatic amines is 1. The largest absolute Gasteiger partial charge is 0.329 e. The molecule has 5 rings (SSSR count). The van der Waals surface area contributed by atoms with E-state index < -0.39 is 12.0 Å². The number of carbonyl (C=O) groups excluding carboxylic acids is 1. The summed E-state index contributed by atoms with van der Waals surface area (Å²) in [7, 11) is 0. The van der Waals surface area contributed by atoms with E-state index in [2.05, 4.69) is 39.7 Å². The maximum atomic E-state index is 13.2. The molecule has 0 bridgehead atoms. The van der Waals surface area contributed by atoms with Gasteiger partial charge in [-0.15, -0.1) is 0 Å². The fourth-order valence-corrected chi connectivity index (χ4v) is 4.59. The Kier molecular flexibility index (Phi) is 6.12. The molecule has 3 aromatic heterocycles. The molecule has 2 aliphatic rings. The Bertz CT molecular complexity index is 1180. The molecule has 3 aromatic rings. The number of hydrogen-bond donors (Lipinski definition) is 3. The number of nitrogens with zero attached hydrogens (tertiary/aromatic N) is 5. The number of halogens is 1. The summed E-state index contributed by atoms with van der Waals surface area (Å²) in [5.41, 5.74) is 3.66. The van der Waals surface area contributed by atoms with E-state index >= 15 is 0 Å². The van der Waals surface area contributed by atoms with E-state index in [1.807, 2.05) is 11.0 Å². The van der Waals surface area contributed by atoms with Crippen molar-refractivity contribution in [2.24, 2.45) is 0 Å². The minimum absolute atomic E-state index is 0.166. The van der Waals surface area contributed by atoms with Crippen molar-refractivity contribution >= 4 is 29.2 Å². The van der Waals surface area contributed by atoms with Gasteiger partial charge in [0.15, 0.2) is 5.82 Å². The number of aryl methyl sites for hydroxylation is 1. The van der Waals surface area contributed by atoms with Crippen LogP contribution in [0.5, 0.6) is 0 Å². The van der Waals surface area contributed by atoms with Crippen molar-refractivity contribution in [1.29, 1.82) is 0 Å². The summed E-state index contributed by atoms with van der Waals surface area (Å²) in [6.45, 7) is 4.92. The Morgan fingerprint density at radius 3 is 2.85 bits per heavy atom. The number of nitrogens with one attached hydrogen (secondary N) is 3. The van der Waals surface area contributed by atoms with Crippen molar-refractivity contribution in [3.63, 3.8) is 0 Å². The number of pyridine rings is 1. The first-order chi connectivity index (χ1) is 16.5. The molecule has 0 aromatic carbocycles. The van der Waals surface area contributed by atoms with Crippen LogP contribution in [0.25, 0.3) is 0 Å². The van der Waals surface area contributed by atoms with Gasteiger partial charge in [-0.2, -0.15) is 14.5 Å². The number of fused-ring (bicyclic) bond motifs is 1. The van der Waals surface area contributed by atoms with E-state index in [9.17, 15) is 9.18 Å². The maximum absolute atomic E-state index is 13.2. The third kappa shape index (κ3) is 4.57. The maximum Gasteiger partial charge on any atom is 0.247 e. The van der Waals surface area contributed by atoms with Crippen molar-refractivity contribution in [2.75, 3.05) is 22.1 Å². The van der Waals surface area contributed by atoms with E-state index in [4.69, 9.17) is 9.97 Å². The fourth-order valence-electron chi connectivity index (χ4n) is 4.59. The van der Waals surface area contributed by atoms with Gasteiger partial charge in [-0.25, -0.2) is 9.97 Å². The van der Waals surface area contributed by atoms with Gasteiger partial charge in [0.05, 0.1) is 17.6 Å². The minimum atomic E-state index is -0.582. The zero-order valence-electron chi connectivity index (χ0n) is 19.4. The Labute approximate surface area is 197 Å². The number of carbonyl (C=O) groups is 1. The zero-order valence-corrected chi connectivity index (χ0v) is 19.4. The molecule has 34 heavy (non-hydrogen) atoms. The van der Waals surface area contributed by atoms with Crippen LogP contribution in [0.3, 0.4) is 0 Å². The standard InChI is InChI=1S/C24H29FN8O/c1-14(2)18-12-21(32-31-18)29-22-16-6-5-7-17(16)28-24(30-22)33-11-4-3-8-19(33)23(34)27-15-9-10-20(25)26-13-15/h9-10,12-14,19H,3-8,11H2,1-2H3,(H,27,34)(H2,28,29,30,31,32)/t19-/m0/s1. The molecule has 1 aliphatic heterocycles. The van der Waals surface area contributed by atoms with Crippen LogP contribution in [0.4, 0.5) is 27.7 Å². The molecule has 0 radical (unpaired) electrons. The lowest BCUT2D eigenvalue weighted by molar-refractivity contribution is -0.117. The van der Waals surface area contributed by atoms with Crippen molar-refractivity contribution < 1.29 is 9.18 Å². The highest BCUT2D eigenvalue weighted by atomic mass is 19.1. The van der Waals surface area contributed by atoms with Gasteiger partial charge in [-0.3, -0.25) is 9.89 Å². The Hall–Kier alpha value is -3.56. The number of aromatic nitrogens is 5. The summed E-state index contributed by atoms with van der Waals surface area (Å²) >= 11 is 0. The quantitative estimate of drug-likeness (QED) is 0.471. The van der Waals surface area contributed by atoms with Crippen LogP contribution in [-0.2, 0) is 17.6 Å². The van der Waals surface area contributed by atoms with E-state index in [1.165, 1.54) is 18.3 Å². The zero-order chi connectivity index (χ0) is 23.7. The van der Waals surface area contributed by atoms with Crippen molar-refractivity contribution in [3.8, 4) is 0 Å². The smallest absolute Gasteiger partial charge is 0.247 e. The molecule has 0 unspecified atom stereocenters. The summed E-state index contributed by atoms with van der Waals surface area (Å²) in [6.07, 6.45) is 6.76. The first-order valence-corrected chi connectivity index (χ1v) is 11.9. The van der Waals surface area contributed by atoms with Crippen LogP contribution in [0.1, 0.15) is 62.4 Å². The monoisotopic (exact) mass is 464 g/mol. The van der Waals surface area contributed by atoms with E-state index in [0.29, 0.717) is 30.5 Å². The van der Waals surface area contributed by atoms with Crippen LogP contribution in [-0.4, -0.2) is 43.6 Å². The molecule has 1 atom stereocenters. The molecule has 1 saturated heterocycles. The lowest BCUT2D eigenvalue weighted by atomic mass is 10.0. The van der Waals surface area contributed by atoms with Crippen LogP contribution in [0.2, 0.25) is 0 Å². The first-order valence-electron chi connectivity index (χ1n) is 11.9. The lowest BCUT2D eigenvalue weighted by Crippen LogP contribution is -2.48. The van der Waals surface area contributed by atoms with Crippen LogP contribution in [0.15, 0.2) is 24.4 Å². The van der Waals surface area contributed by atoms with Gasteiger partial charge in [-0.1, -0.05) is 13.8 Å². The second-order valence-corrected chi connectivity index (χ2v) is 9.20. The molecule has 0 saturated carbocycles. The number of amides is 1. The summed E-state index contributed by atoms with van der Waals surface area (Å²) in [4.78, 5) is 28.5. The van der Waals surface area contributed by atoms with Crippen LogP contribution < -0.4 is 15.5 Å². The first kappa shape index (κ1) is 22.2. The molecule has 9 nitrogen and oxygen atoms in total. The molecular formula is C24H29FN8O. The lowest BCUT2D eigenvalue weighted by Gasteiger charge is -2.35. The molecule has 1 aliphatic carbocycles. The predicted molar refractivity (Wildman–Crippen MR) is 128 cm³/mol. The molecule has 178 valence electrons. The molecule has 1 amide bonds. The van der Waals surface area contributed by atoms with Gasteiger partial charge < -0.3 is 15.5 Å². The highest BCUT2D eigenvalue weighted by Crippen LogP contribution is 2.32. The third-order valence-corrected chi connectivity index (χ3v) is 6.44. The van der Waals surface area contributed by atoms with Crippen molar-refractivity contribution in [2.45, 2.75) is 64.3 Å². The van der Waals surface area contributed by atoms with Gasteiger partial charge in [0.2, 0.25) is 17.8 Å². The highest BCUT2D eigenvalue weighted by Gasteiger charge is 2.32. The molecule has 10 heteroatoms. The summed E-state index contributed by atoms with van der Waals surface area (Å²) in [6, 6.07) is 4.33. The fraction of sp³-hybridized carbons (Fsp3) is 0.458. The van der Waals surface area contributed by atoms with Gasteiger partial charge >= 0.3 is 0 Å². The molecule has 0 spiro atoms. The average molecular weight is 465 g/mol. The normalized spacial score (nSPS) is 17.6. The van der Waals surface area contributed by atoms with Gasteiger partial charge in [-0.05, 0) is 56.6 Å². The molecule has 3 N–H and O–H groups in total. The van der Waals surface area contributed by atoms with E-state index in [0.717, 1.165) is 60.7 Å². The third-order valence-electron chi connectivity index (χ3n) is 6.44. The molecule has 4 heterocycles. The Morgan fingerprint density at radius 1 is 1.21 bits per heavy atom. The van der Waals surface area contributed by atoms with E-state index in [1.54, 1.807) is 0 Å². The Morgan fingerprint density at radius 2 is 2.09 bits per heavy atom. The number of anilines is 4. The minimum Gasteiger partial charge on any atom is -0.329 e. The second kappa shape index (κ2) is 9.36. The number of hydrogen-bond acceptors (Lipinski definition) is 7. The predicted octanol–water partition coefficient (Wildman–Crippen LogP) is 4.09. The summed E-state index contributed by atoms with van der Waals surface area (Å²) in [5.74, 6) is 1.63. The topological polar surface area (TPSA) is 112 Å². The molecular weight excluding hydrogens is 435 g/mol. The number of H-pyrrole nitrogens is 1. The highest BCUT2D eigenvalue weighted by molar-refractivity contribution is 5.96. The van der Waals surface area contributed by atoms with Gasteiger partial charge in [0.1, 0.15) is 11.9 Å². The number of rotatable bonds is 6. The van der Waals surface area contributed by atoms with Crippen LogP contribution >= 0.6 is 0 Å². The Balaban J connectivity index is 1.42. The SMILES string of the molecule is CC(C)c1cc(Nc2nc(N3CCCC[C@H]3C(=O)Nc3ccc(F)nc3)nc3c2CCC3)n[nH]1. The average Bonchev–Trinajstić information content (AvgIpc) is 3.50. The second-order valence-electron chi connectivity index (χ2n) is 9.20. The van der Waals surface area contributed by atoms with E-state index in [-0.39, 0.29) is 5.91 Å². The number of piperidine rings is 1. The van der Waals surface area contributed by atoms with Gasteiger partial charge in [0, 0.05) is 23.9 Å². The summed E-state index contributed by atoms with van der Waals surface area (Å²) < 4.78 is 13.1.